The van der Waals surface area contributed by atoms with Crippen molar-refractivity contribution in [1.82, 2.24) is 4.57 Å². The fourth-order valence-electron chi connectivity index (χ4n) is 3.30. The van der Waals surface area contributed by atoms with Gasteiger partial charge in [0.1, 0.15) is 12.4 Å². The van der Waals surface area contributed by atoms with Crippen molar-refractivity contribution in [3.63, 3.8) is 0 Å². The van der Waals surface area contributed by atoms with Crippen LogP contribution in [0, 0.1) is 0 Å². The summed E-state index contributed by atoms with van der Waals surface area (Å²) in [5.41, 5.74) is -0.163. The quantitative estimate of drug-likeness (QED) is 0.632. The summed E-state index contributed by atoms with van der Waals surface area (Å²) in [6.45, 7) is -0.0107. The summed E-state index contributed by atoms with van der Waals surface area (Å²) in [6.07, 6.45) is -0.295. The number of benzene rings is 1. The smallest absolute Gasteiger partial charge is 0.306 e. The van der Waals surface area contributed by atoms with Gasteiger partial charge in [-0.2, -0.15) is 0 Å². The van der Waals surface area contributed by atoms with Crippen LogP contribution in [0.1, 0.15) is 29.4 Å². The van der Waals surface area contributed by atoms with Crippen molar-refractivity contribution in [3.8, 4) is 5.75 Å². The van der Waals surface area contributed by atoms with E-state index in [-0.39, 0.29) is 35.7 Å². The number of rotatable bonds is 6. The van der Waals surface area contributed by atoms with Crippen molar-refractivity contribution in [2.75, 3.05) is 14.2 Å². The highest BCUT2D eigenvalue weighted by Gasteiger charge is 2.29. The number of para-hydroxylation sites is 1. The first kappa shape index (κ1) is 20.3. The molecule has 3 rings (SSSR count). The van der Waals surface area contributed by atoms with Gasteiger partial charge in [0.2, 0.25) is 11.2 Å². The van der Waals surface area contributed by atoms with Crippen LogP contribution < -0.4 is 11.0 Å². The minimum atomic E-state index is -1.02. The molecule has 0 aliphatic heterocycles. The van der Waals surface area contributed by atoms with Crippen molar-refractivity contribution in [2.24, 2.45) is 7.05 Å². The molecule has 1 atom stereocenters. The monoisotopic (exact) mass is 399 g/mol. The van der Waals surface area contributed by atoms with E-state index in [1.54, 1.807) is 19.2 Å². The second kappa shape index (κ2) is 8.32. The lowest BCUT2D eigenvalue weighted by atomic mass is 9.92. The third-order valence-corrected chi connectivity index (χ3v) is 4.74. The zero-order valence-corrected chi connectivity index (χ0v) is 16.3. The Labute approximate surface area is 165 Å². The summed E-state index contributed by atoms with van der Waals surface area (Å²) in [6, 6.07) is 10.00. The molecule has 1 aromatic carbocycles. The van der Waals surface area contributed by atoms with E-state index in [1.807, 2.05) is 18.2 Å². The number of hydrogen-bond donors (Lipinski definition) is 1. The van der Waals surface area contributed by atoms with Crippen molar-refractivity contribution in [3.05, 3.63) is 74.1 Å². The van der Waals surface area contributed by atoms with E-state index >= 15 is 0 Å². The molecule has 0 unspecified atom stereocenters. The highest BCUT2D eigenvalue weighted by atomic mass is 16.5. The highest BCUT2D eigenvalue weighted by Crippen LogP contribution is 2.33. The van der Waals surface area contributed by atoms with E-state index in [1.165, 1.54) is 18.8 Å². The molecular weight excluding hydrogens is 378 g/mol. The van der Waals surface area contributed by atoms with Crippen molar-refractivity contribution in [2.45, 2.75) is 18.9 Å². The molecule has 1 N–H and O–H groups in total. The standard InChI is InChI=1S/C21H21NO7/c1-22-16-7-5-4-6-12(16)8-15(21(22)26)14(10-18(24)28-3)20-19(25)17(23)9-13(29-20)11-27-2/h4-9,14,25H,10-11H2,1-3H3/t14-/m1/s1. The Morgan fingerprint density at radius 1 is 1.21 bits per heavy atom. The highest BCUT2D eigenvalue weighted by molar-refractivity contribution is 5.80. The lowest BCUT2D eigenvalue weighted by Gasteiger charge is -2.18. The van der Waals surface area contributed by atoms with E-state index in [4.69, 9.17) is 13.9 Å². The average molecular weight is 399 g/mol. The number of aryl methyl sites for hydroxylation is 1. The van der Waals surface area contributed by atoms with Gasteiger partial charge < -0.3 is 23.6 Å². The van der Waals surface area contributed by atoms with Gasteiger partial charge in [-0.1, -0.05) is 18.2 Å². The van der Waals surface area contributed by atoms with Gasteiger partial charge in [-0.05, 0) is 17.5 Å². The lowest BCUT2D eigenvalue weighted by molar-refractivity contribution is -0.140. The van der Waals surface area contributed by atoms with Gasteiger partial charge in [0.15, 0.2) is 5.76 Å². The van der Waals surface area contributed by atoms with Crippen LogP contribution in [0.3, 0.4) is 0 Å². The number of aromatic nitrogens is 1. The number of carbonyl (C=O) groups excluding carboxylic acids is 1. The Kier molecular flexibility index (Phi) is 5.84. The first-order valence-corrected chi connectivity index (χ1v) is 8.87. The van der Waals surface area contributed by atoms with Crippen LogP contribution in [0.5, 0.6) is 5.75 Å². The molecule has 3 aromatic rings. The number of aromatic hydroxyl groups is 1. The molecule has 0 aliphatic rings. The molecule has 0 spiro atoms. The zero-order valence-electron chi connectivity index (χ0n) is 16.3. The van der Waals surface area contributed by atoms with E-state index in [0.29, 0.717) is 5.52 Å². The first-order valence-electron chi connectivity index (χ1n) is 8.87. The molecule has 2 heterocycles. The van der Waals surface area contributed by atoms with E-state index in [2.05, 4.69) is 0 Å². The molecule has 0 saturated heterocycles. The molecule has 0 fully saturated rings. The minimum Gasteiger partial charge on any atom is -0.502 e. The van der Waals surface area contributed by atoms with Crippen molar-refractivity contribution in [1.29, 1.82) is 0 Å². The number of methoxy groups -OCH3 is 2. The van der Waals surface area contributed by atoms with Crippen LogP contribution >= 0.6 is 0 Å². The Bertz CT molecular complexity index is 1180. The van der Waals surface area contributed by atoms with Crippen LogP contribution in [0.2, 0.25) is 0 Å². The number of carbonyl (C=O) groups is 1. The van der Waals surface area contributed by atoms with Gasteiger partial charge in [0.05, 0.1) is 25.0 Å². The fourth-order valence-corrected chi connectivity index (χ4v) is 3.30. The normalized spacial score (nSPS) is 12.1. The largest absolute Gasteiger partial charge is 0.502 e. The number of fused-ring (bicyclic) bond motifs is 1. The molecule has 0 amide bonds. The predicted octanol–water partition coefficient (Wildman–Crippen LogP) is 2.04. The summed E-state index contributed by atoms with van der Waals surface area (Å²) in [5, 5.41) is 11.1. The SMILES string of the molecule is COCc1cc(=O)c(O)c([C@H](CC(=O)OC)c2cc3ccccc3n(C)c2=O)o1. The average Bonchev–Trinajstić information content (AvgIpc) is 2.72. The van der Waals surface area contributed by atoms with Gasteiger partial charge in [0, 0.05) is 25.8 Å². The first-order chi connectivity index (χ1) is 13.9. The summed E-state index contributed by atoms with van der Waals surface area (Å²) >= 11 is 0. The van der Waals surface area contributed by atoms with Gasteiger partial charge in [0.25, 0.3) is 5.56 Å². The summed E-state index contributed by atoms with van der Waals surface area (Å²) < 4.78 is 16.9. The Morgan fingerprint density at radius 2 is 1.93 bits per heavy atom. The fraction of sp³-hybridized carbons (Fsp3) is 0.286. The summed E-state index contributed by atoms with van der Waals surface area (Å²) in [4.78, 5) is 37.4. The zero-order chi connectivity index (χ0) is 21.1. The number of hydrogen-bond acceptors (Lipinski definition) is 7. The molecule has 2 aromatic heterocycles. The molecule has 0 bridgehead atoms. The third-order valence-electron chi connectivity index (χ3n) is 4.74. The molecule has 0 saturated carbocycles. The van der Waals surface area contributed by atoms with E-state index < -0.39 is 23.1 Å². The summed E-state index contributed by atoms with van der Waals surface area (Å²) in [5.74, 6) is -2.31. The molecule has 29 heavy (non-hydrogen) atoms. The van der Waals surface area contributed by atoms with Crippen LogP contribution in [0.15, 0.2) is 50.4 Å². The number of nitrogens with zero attached hydrogens (tertiary/aromatic N) is 1. The van der Waals surface area contributed by atoms with Crippen molar-refractivity contribution < 1.29 is 23.8 Å². The predicted molar refractivity (Wildman–Crippen MR) is 105 cm³/mol. The molecular formula is C21H21NO7. The number of pyridine rings is 1. The summed E-state index contributed by atoms with van der Waals surface area (Å²) in [7, 11) is 4.26. The topological polar surface area (TPSA) is 108 Å². The van der Waals surface area contributed by atoms with Gasteiger partial charge in [-0.25, -0.2) is 0 Å². The molecule has 152 valence electrons. The van der Waals surface area contributed by atoms with Crippen LogP contribution in [0.25, 0.3) is 10.9 Å². The molecule has 0 aliphatic carbocycles. The molecule has 8 nitrogen and oxygen atoms in total. The maximum Gasteiger partial charge on any atom is 0.306 e. The van der Waals surface area contributed by atoms with Gasteiger partial charge in [-0.15, -0.1) is 0 Å². The van der Waals surface area contributed by atoms with E-state index in [9.17, 15) is 19.5 Å². The maximum absolute atomic E-state index is 13.1. The Hall–Kier alpha value is -3.39. The van der Waals surface area contributed by atoms with E-state index in [0.717, 1.165) is 11.5 Å². The molecule has 8 heteroatoms. The minimum absolute atomic E-state index is 0.0107. The Balaban J connectivity index is 2.29. The van der Waals surface area contributed by atoms with Gasteiger partial charge >= 0.3 is 5.97 Å². The molecule has 0 radical (unpaired) electrons. The second-order valence-electron chi connectivity index (χ2n) is 6.58. The number of ether oxygens (including phenoxy) is 2. The third kappa shape index (κ3) is 3.93. The van der Waals surface area contributed by atoms with Crippen molar-refractivity contribution >= 4 is 16.9 Å². The maximum atomic E-state index is 13.1. The van der Waals surface area contributed by atoms with Crippen LogP contribution in [-0.2, 0) is 27.9 Å². The van der Waals surface area contributed by atoms with Gasteiger partial charge in [-0.3, -0.25) is 14.4 Å². The Morgan fingerprint density at radius 3 is 2.62 bits per heavy atom. The lowest BCUT2D eigenvalue weighted by Crippen LogP contribution is -2.26. The van der Waals surface area contributed by atoms with Crippen LogP contribution in [-0.4, -0.2) is 29.9 Å². The second-order valence-corrected chi connectivity index (χ2v) is 6.58. The number of esters is 1. The van der Waals surface area contributed by atoms with Crippen LogP contribution in [0.4, 0.5) is 0 Å².